The van der Waals surface area contributed by atoms with E-state index in [-0.39, 0.29) is 5.91 Å². The molecule has 0 atom stereocenters. The zero-order chi connectivity index (χ0) is 11.5. The topological polar surface area (TPSA) is 32.3 Å². The molecule has 0 aromatic carbocycles. The summed E-state index contributed by atoms with van der Waals surface area (Å²) in [5, 5.41) is 3.06. The van der Waals surface area contributed by atoms with E-state index in [1.165, 1.54) is 25.7 Å². The van der Waals surface area contributed by atoms with Crippen molar-refractivity contribution in [3.05, 3.63) is 0 Å². The van der Waals surface area contributed by atoms with Crippen LogP contribution in [0, 0.1) is 5.92 Å². The van der Waals surface area contributed by atoms with Crippen LogP contribution in [0.2, 0.25) is 0 Å². The van der Waals surface area contributed by atoms with Crippen LogP contribution in [0.15, 0.2) is 0 Å². The largest absolute Gasteiger partial charge is 0.344 e. The Morgan fingerprint density at radius 3 is 2.40 bits per heavy atom. The highest BCUT2D eigenvalue weighted by Gasteiger charge is 2.29. The van der Waals surface area contributed by atoms with Gasteiger partial charge in [0.05, 0.1) is 5.54 Å². The van der Waals surface area contributed by atoms with Crippen LogP contribution in [-0.4, -0.2) is 37.0 Å². The maximum Gasteiger partial charge on any atom is 0.242 e. The van der Waals surface area contributed by atoms with Crippen molar-refractivity contribution in [2.75, 3.05) is 20.6 Å². The van der Waals surface area contributed by atoms with Gasteiger partial charge in [-0.2, -0.15) is 0 Å². The third-order valence-corrected chi connectivity index (χ3v) is 3.51. The fourth-order valence-corrected chi connectivity index (χ4v) is 2.25. The number of hydrogen-bond donors (Lipinski definition) is 1. The molecule has 1 amide bonds. The minimum atomic E-state index is -0.437. The van der Waals surface area contributed by atoms with Crippen molar-refractivity contribution in [2.24, 2.45) is 5.92 Å². The number of likely N-dealkylation sites (N-methyl/N-ethyl adjacent to an activating group) is 2. The maximum absolute atomic E-state index is 12.0. The van der Waals surface area contributed by atoms with Crippen LogP contribution in [-0.2, 0) is 4.79 Å². The molecule has 1 saturated carbocycles. The Morgan fingerprint density at radius 1 is 1.40 bits per heavy atom. The highest BCUT2D eigenvalue weighted by atomic mass is 16.2. The van der Waals surface area contributed by atoms with E-state index in [0.29, 0.717) is 0 Å². The summed E-state index contributed by atoms with van der Waals surface area (Å²) in [6.07, 6.45) is 5.25. The standard InChI is InChI=1S/C12H24N2O/c1-12(2,13-3)11(15)14(4)9-10-7-5-6-8-10/h10,13H,5-9H2,1-4H3. The van der Waals surface area contributed by atoms with Gasteiger partial charge >= 0.3 is 0 Å². The Kier molecular flexibility index (Phi) is 4.14. The predicted octanol–water partition coefficient (Wildman–Crippen LogP) is 1.63. The molecule has 0 aliphatic heterocycles. The van der Waals surface area contributed by atoms with Crippen LogP contribution < -0.4 is 5.32 Å². The summed E-state index contributed by atoms with van der Waals surface area (Å²) in [5.74, 6) is 0.920. The highest BCUT2D eigenvalue weighted by molar-refractivity contribution is 5.85. The van der Waals surface area contributed by atoms with E-state index in [2.05, 4.69) is 5.32 Å². The zero-order valence-electron chi connectivity index (χ0n) is 10.5. The second kappa shape index (κ2) is 4.97. The molecule has 15 heavy (non-hydrogen) atoms. The molecule has 3 heteroatoms. The number of nitrogens with zero attached hydrogens (tertiary/aromatic N) is 1. The summed E-state index contributed by atoms with van der Waals surface area (Å²) in [6.45, 7) is 4.78. The third kappa shape index (κ3) is 3.20. The molecule has 1 aliphatic rings. The van der Waals surface area contributed by atoms with E-state index >= 15 is 0 Å². The molecule has 1 rings (SSSR count). The first-order chi connectivity index (χ1) is 6.97. The Morgan fingerprint density at radius 2 is 1.93 bits per heavy atom. The Balaban J connectivity index is 2.45. The molecule has 3 nitrogen and oxygen atoms in total. The first-order valence-corrected chi connectivity index (χ1v) is 5.92. The van der Waals surface area contributed by atoms with Gasteiger partial charge in [0.1, 0.15) is 0 Å². The van der Waals surface area contributed by atoms with Crippen molar-refractivity contribution in [3.8, 4) is 0 Å². The van der Waals surface area contributed by atoms with Crippen molar-refractivity contribution in [2.45, 2.75) is 45.1 Å². The first kappa shape index (κ1) is 12.5. The summed E-state index contributed by atoms with van der Waals surface area (Å²) in [6, 6.07) is 0. The summed E-state index contributed by atoms with van der Waals surface area (Å²) < 4.78 is 0. The summed E-state index contributed by atoms with van der Waals surface area (Å²) in [5.41, 5.74) is -0.437. The van der Waals surface area contributed by atoms with Gasteiger partial charge in [0.2, 0.25) is 5.91 Å². The van der Waals surface area contributed by atoms with Gasteiger partial charge in [-0.1, -0.05) is 12.8 Å². The van der Waals surface area contributed by atoms with E-state index in [0.717, 1.165) is 12.5 Å². The predicted molar refractivity (Wildman–Crippen MR) is 62.7 cm³/mol. The van der Waals surface area contributed by atoms with Crippen molar-refractivity contribution < 1.29 is 4.79 Å². The van der Waals surface area contributed by atoms with E-state index in [1.54, 1.807) is 0 Å². The number of carbonyl (C=O) groups is 1. The molecule has 1 fully saturated rings. The SMILES string of the molecule is CNC(C)(C)C(=O)N(C)CC1CCCC1. The minimum absolute atomic E-state index is 0.192. The van der Waals surface area contributed by atoms with Crippen molar-refractivity contribution in [3.63, 3.8) is 0 Å². The summed E-state index contributed by atoms with van der Waals surface area (Å²) >= 11 is 0. The lowest BCUT2D eigenvalue weighted by molar-refractivity contribution is -0.136. The number of amides is 1. The molecule has 0 bridgehead atoms. The second-order valence-electron chi connectivity index (χ2n) is 5.21. The van der Waals surface area contributed by atoms with Crippen LogP contribution in [0.1, 0.15) is 39.5 Å². The summed E-state index contributed by atoms with van der Waals surface area (Å²) in [4.78, 5) is 13.9. The van der Waals surface area contributed by atoms with Gasteiger partial charge in [0.25, 0.3) is 0 Å². The molecule has 0 unspecified atom stereocenters. The van der Waals surface area contributed by atoms with E-state index in [1.807, 2.05) is 32.8 Å². The lowest BCUT2D eigenvalue weighted by atomic mass is 10.0. The van der Waals surface area contributed by atoms with E-state index < -0.39 is 5.54 Å². The molecular weight excluding hydrogens is 188 g/mol. The monoisotopic (exact) mass is 212 g/mol. The Labute approximate surface area is 93.2 Å². The van der Waals surface area contributed by atoms with Crippen LogP contribution in [0.25, 0.3) is 0 Å². The van der Waals surface area contributed by atoms with E-state index in [4.69, 9.17) is 0 Å². The molecule has 0 aromatic rings. The fraction of sp³-hybridized carbons (Fsp3) is 0.917. The molecule has 0 aromatic heterocycles. The van der Waals surface area contributed by atoms with Gasteiger partial charge in [0, 0.05) is 13.6 Å². The van der Waals surface area contributed by atoms with Gasteiger partial charge in [-0.3, -0.25) is 4.79 Å². The average molecular weight is 212 g/mol. The van der Waals surface area contributed by atoms with Crippen molar-refractivity contribution in [1.82, 2.24) is 10.2 Å². The zero-order valence-corrected chi connectivity index (χ0v) is 10.5. The van der Waals surface area contributed by atoms with Gasteiger partial charge in [0.15, 0.2) is 0 Å². The van der Waals surface area contributed by atoms with E-state index in [9.17, 15) is 4.79 Å². The third-order valence-electron chi connectivity index (χ3n) is 3.51. The van der Waals surface area contributed by atoms with Crippen LogP contribution in [0.3, 0.4) is 0 Å². The summed E-state index contributed by atoms with van der Waals surface area (Å²) in [7, 11) is 3.75. The van der Waals surface area contributed by atoms with Crippen LogP contribution in [0.5, 0.6) is 0 Å². The second-order valence-corrected chi connectivity index (χ2v) is 5.21. The molecular formula is C12H24N2O. The maximum atomic E-state index is 12.0. The molecule has 88 valence electrons. The minimum Gasteiger partial charge on any atom is -0.344 e. The first-order valence-electron chi connectivity index (χ1n) is 5.92. The van der Waals surface area contributed by atoms with Crippen molar-refractivity contribution in [1.29, 1.82) is 0 Å². The number of hydrogen-bond acceptors (Lipinski definition) is 2. The normalized spacial score (nSPS) is 18.1. The fourth-order valence-electron chi connectivity index (χ4n) is 2.25. The number of rotatable bonds is 4. The molecule has 0 heterocycles. The molecule has 0 radical (unpaired) electrons. The lowest BCUT2D eigenvalue weighted by Crippen LogP contribution is -2.52. The molecule has 0 spiro atoms. The van der Waals surface area contributed by atoms with Crippen LogP contribution >= 0.6 is 0 Å². The number of nitrogens with one attached hydrogen (secondary N) is 1. The number of carbonyl (C=O) groups excluding carboxylic acids is 1. The van der Waals surface area contributed by atoms with Crippen molar-refractivity contribution >= 4 is 5.91 Å². The molecule has 1 aliphatic carbocycles. The molecule has 1 N–H and O–H groups in total. The Hall–Kier alpha value is -0.570. The highest BCUT2D eigenvalue weighted by Crippen LogP contribution is 2.25. The van der Waals surface area contributed by atoms with Crippen LogP contribution in [0.4, 0.5) is 0 Å². The smallest absolute Gasteiger partial charge is 0.242 e. The Bertz CT molecular complexity index is 220. The molecule has 0 saturated heterocycles. The van der Waals surface area contributed by atoms with Gasteiger partial charge in [-0.05, 0) is 39.7 Å². The van der Waals surface area contributed by atoms with Gasteiger partial charge < -0.3 is 10.2 Å². The average Bonchev–Trinajstić information content (AvgIpc) is 2.69. The van der Waals surface area contributed by atoms with Gasteiger partial charge in [-0.25, -0.2) is 0 Å². The quantitative estimate of drug-likeness (QED) is 0.768. The van der Waals surface area contributed by atoms with Gasteiger partial charge in [-0.15, -0.1) is 0 Å². The lowest BCUT2D eigenvalue weighted by Gasteiger charge is -2.30.